The summed E-state index contributed by atoms with van der Waals surface area (Å²) in [6.07, 6.45) is -6.64. The molecule has 7 saturated heterocycles. The fourth-order valence-electron chi connectivity index (χ4n) is 11.5. The van der Waals surface area contributed by atoms with Gasteiger partial charge in [-0.3, -0.25) is 0 Å². The first-order chi connectivity index (χ1) is 26.3. The summed E-state index contributed by atoms with van der Waals surface area (Å²) in [6.45, 7) is 7.58. The van der Waals surface area contributed by atoms with Crippen molar-refractivity contribution in [2.45, 2.75) is 153 Å². The Morgan fingerprint density at radius 3 is 2.09 bits per heavy atom. The fourth-order valence-corrected chi connectivity index (χ4v) is 11.5. The molecule has 11 rings (SSSR count). The molecular weight excluding hydrogens is 760 g/mol. The highest BCUT2D eigenvalue weighted by Gasteiger charge is 2.77. The number of halogens is 6. The lowest BCUT2D eigenvalue weighted by molar-refractivity contribution is -0.599. The van der Waals surface area contributed by atoms with Gasteiger partial charge in [0.05, 0.1) is 32.6 Å². The third-order valence-electron chi connectivity index (χ3n) is 14.3. The summed E-state index contributed by atoms with van der Waals surface area (Å²) in [4.78, 5) is 23.5. The highest BCUT2D eigenvalue weighted by atomic mass is 19.4. The van der Waals surface area contributed by atoms with Crippen LogP contribution in [0.3, 0.4) is 0 Å². The molecule has 13 nitrogen and oxygen atoms in total. The van der Waals surface area contributed by atoms with Crippen LogP contribution in [0.25, 0.3) is 0 Å². The van der Waals surface area contributed by atoms with Crippen LogP contribution in [0.5, 0.6) is 0 Å². The van der Waals surface area contributed by atoms with Gasteiger partial charge in [-0.05, 0) is 70.1 Å². The molecule has 14 atom stereocenters. The van der Waals surface area contributed by atoms with Gasteiger partial charge in [0.1, 0.15) is 5.69 Å². The average molecular weight is 810 g/mol. The van der Waals surface area contributed by atoms with E-state index in [1.165, 1.54) is 17.8 Å². The first-order valence-electron chi connectivity index (χ1n) is 19.8. The maximum atomic E-state index is 15.2. The van der Waals surface area contributed by atoms with E-state index in [0.717, 1.165) is 0 Å². The highest BCUT2D eigenvalue weighted by Crippen LogP contribution is 2.65. The largest absolute Gasteiger partial charge is 0.456 e. The predicted molar refractivity (Wildman–Crippen MR) is 174 cm³/mol. The number of fused-ring (bicyclic) bond motifs is 4. The molecule has 1 aromatic rings. The summed E-state index contributed by atoms with van der Waals surface area (Å²) in [5, 5.41) is 8.06. The minimum atomic E-state index is -4.94. The zero-order valence-electron chi connectivity index (χ0n) is 32.0. The van der Waals surface area contributed by atoms with Gasteiger partial charge in [-0.2, -0.15) is 26.3 Å². The number of nitrogens with zero attached hydrogens (tertiary/aromatic N) is 3. The van der Waals surface area contributed by atoms with Crippen molar-refractivity contribution in [1.82, 2.24) is 15.0 Å². The minimum Gasteiger partial charge on any atom is -0.456 e. The Morgan fingerprint density at radius 2 is 1.41 bits per heavy atom. The SMILES string of the molecule is C[C@@H]1CC[C@H]2C(COCc3cn(CCO[C@@]4(C(F)(F)F)O[C@@H]5O[C@]6(C)CCC7[C@H](C)CC[C@@H]([C@H]4C)C75OO6)nn3)=C(C(F)(F)F)O[C@@H]3O[C@]4(C)CCC1C32OO4. The van der Waals surface area contributed by atoms with Gasteiger partial charge in [-0.1, -0.05) is 26.0 Å². The number of allylic oxidation sites excluding steroid dienone is 1. The van der Waals surface area contributed by atoms with Crippen LogP contribution in [0, 0.1) is 41.4 Å². The van der Waals surface area contributed by atoms with E-state index in [-0.39, 0.29) is 48.1 Å². The maximum Gasteiger partial charge on any atom is 0.449 e. The van der Waals surface area contributed by atoms with E-state index >= 15 is 13.2 Å². The van der Waals surface area contributed by atoms with Crippen LogP contribution in [0.1, 0.15) is 91.7 Å². The molecular formula is C37H49F6N3O10. The molecule has 4 unspecified atom stereocenters. The van der Waals surface area contributed by atoms with Crippen molar-refractivity contribution in [3.8, 4) is 0 Å². The summed E-state index contributed by atoms with van der Waals surface area (Å²) in [5.74, 6) is -9.26. The lowest BCUT2D eigenvalue weighted by Crippen LogP contribution is -2.76. The van der Waals surface area contributed by atoms with Gasteiger partial charge in [-0.15, -0.1) is 5.10 Å². The number of alkyl halides is 6. The second-order valence-electron chi connectivity index (χ2n) is 17.6. The van der Waals surface area contributed by atoms with Crippen molar-refractivity contribution in [3.05, 3.63) is 23.2 Å². The molecule has 8 aliphatic heterocycles. The molecule has 0 amide bonds. The molecule has 0 radical (unpaired) electrons. The van der Waals surface area contributed by atoms with Crippen molar-refractivity contribution in [2.75, 3.05) is 13.2 Å². The van der Waals surface area contributed by atoms with Crippen LogP contribution in [-0.4, -0.2) is 81.7 Å². The van der Waals surface area contributed by atoms with Gasteiger partial charge in [0.2, 0.25) is 23.6 Å². The standard InChI is InChI=1S/C37H49F6N3O10/c1-19-6-8-26-21(3)35(37(41,42)43,52-30-33(26)24(19)10-13-32(5,51-30)54-55-33)48-15-14-46-16-22(44-45-46)17-47-18-23-27-9-7-20(2)25-11-12-31(4)50-29(34(25,27)56-53-31)49-28(23)36(38,39)40/h16,19-21,24-27,29-30H,6-15,17-18H2,1-5H3/t19-,20-,21-,24?,25?,26+,27+,29-,30+,31+,32+,33?,34?,35-/m1/s1. The molecule has 9 heterocycles. The number of hydrogen-bond donors (Lipinski definition) is 0. The molecule has 9 fully saturated rings. The van der Waals surface area contributed by atoms with Crippen molar-refractivity contribution in [2.24, 2.45) is 41.4 Å². The van der Waals surface area contributed by atoms with Crippen LogP contribution in [0.15, 0.2) is 17.5 Å². The summed E-state index contributed by atoms with van der Waals surface area (Å²) >= 11 is 0. The van der Waals surface area contributed by atoms with E-state index in [0.29, 0.717) is 51.4 Å². The summed E-state index contributed by atoms with van der Waals surface area (Å²) < 4.78 is 126. The van der Waals surface area contributed by atoms with E-state index in [1.54, 1.807) is 13.8 Å². The molecule has 2 aliphatic carbocycles. The van der Waals surface area contributed by atoms with E-state index in [4.69, 9.17) is 48.0 Å². The summed E-state index contributed by atoms with van der Waals surface area (Å²) in [7, 11) is 0. The van der Waals surface area contributed by atoms with Crippen molar-refractivity contribution in [1.29, 1.82) is 0 Å². The van der Waals surface area contributed by atoms with E-state index in [1.807, 2.05) is 0 Å². The van der Waals surface area contributed by atoms with Gasteiger partial charge in [0.15, 0.2) is 17.5 Å². The van der Waals surface area contributed by atoms with E-state index < -0.39 is 90.2 Å². The molecule has 1 aromatic heterocycles. The van der Waals surface area contributed by atoms with Crippen LogP contribution in [-0.2, 0) is 61.1 Å². The Balaban J connectivity index is 0.886. The normalized spacial score (nSPS) is 47.2. The molecule has 2 spiro atoms. The van der Waals surface area contributed by atoms with Gasteiger partial charge >= 0.3 is 12.4 Å². The zero-order valence-corrected chi connectivity index (χ0v) is 32.0. The first-order valence-corrected chi connectivity index (χ1v) is 19.8. The second kappa shape index (κ2) is 13.2. The van der Waals surface area contributed by atoms with Gasteiger partial charge in [-0.25, -0.2) is 24.2 Å². The highest BCUT2D eigenvalue weighted by molar-refractivity contribution is 5.28. The third kappa shape index (κ3) is 5.83. The second-order valence-corrected chi connectivity index (χ2v) is 17.6. The van der Waals surface area contributed by atoms with Gasteiger partial charge < -0.3 is 28.4 Å². The Bertz CT molecular complexity index is 1710. The van der Waals surface area contributed by atoms with Crippen molar-refractivity contribution >= 4 is 0 Å². The third-order valence-corrected chi connectivity index (χ3v) is 14.3. The number of ether oxygens (including phenoxy) is 6. The van der Waals surface area contributed by atoms with Crippen LogP contribution in [0.4, 0.5) is 26.3 Å². The zero-order chi connectivity index (χ0) is 39.7. The molecule has 0 N–H and O–H groups in total. The van der Waals surface area contributed by atoms with Gasteiger partial charge in [0.25, 0.3) is 5.79 Å². The number of hydrogen-bond acceptors (Lipinski definition) is 12. The molecule has 314 valence electrons. The number of rotatable bonds is 8. The maximum absolute atomic E-state index is 15.2. The van der Waals surface area contributed by atoms with Crippen LogP contribution in [0.2, 0.25) is 0 Å². The lowest BCUT2D eigenvalue weighted by Gasteiger charge is -2.62. The number of aromatic nitrogens is 3. The summed E-state index contributed by atoms with van der Waals surface area (Å²) in [6, 6.07) is 0. The monoisotopic (exact) mass is 809 g/mol. The Kier molecular flexibility index (Phi) is 9.28. The van der Waals surface area contributed by atoms with Gasteiger partial charge in [0, 0.05) is 42.1 Å². The smallest absolute Gasteiger partial charge is 0.449 e. The lowest BCUT2D eigenvalue weighted by atomic mass is 9.57. The Morgan fingerprint density at radius 1 is 0.768 bits per heavy atom. The van der Waals surface area contributed by atoms with E-state index in [9.17, 15) is 13.2 Å². The average Bonchev–Trinajstić information content (AvgIpc) is 3.27. The molecule has 19 heteroatoms. The molecule has 10 aliphatic rings. The van der Waals surface area contributed by atoms with Crippen molar-refractivity contribution in [3.63, 3.8) is 0 Å². The molecule has 0 aromatic carbocycles. The topological polar surface area (TPSA) is 123 Å². The first kappa shape index (κ1) is 39.4. The minimum absolute atomic E-state index is 0.0967. The van der Waals surface area contributed by atoms with E-state index in [2.05, 4.69) is 24.2 Å². The molecule has 2 saturated carbocycles. The van der Waals surface area contributed by atoms with Crippen LogP contribution >= 0.6 is 0 Å². The Hall–Kier alpha value is -2.10. The predicted octanol–water partition coefficient (Wildman–Crippen LogP) is 7.01. The molecule has 56 heavy (non-hydrogen) atoms. The van der Waals surface area contributed by atoms with Crippen LogP contribution < -0.4 is 0 Å². The van der Waals surface area contributed by atoms with Crippen molar-refractivity contribution < 1.29 is 74.3 Å². The fraction of sp³-hybridized carbons (Fsp3) is 0.892. The Labute approximate surface area is 319 Å². The summed E-state index contributed by atoms with van der Waals surface area (Å²) in [5.41, 5.74) is -2.35. The molecule has 4 bridgehead atoms. The quantitative estimate of drug-likeness (QED) is 0.198.